The number of nitrogens with zero attached hydrogens (tertiary/aromatic N) is 2. The van der Waals surface area contributed by atoms with Crippen LogP contribution in [0, 0.1) is 6.92 Å². The van der Waals surface area contributed by atoms with Crippen LogP contribution in [0.1, 0.15) is 16.7 Å². The standard InChI is InChI=1S/C16H12N2O2/c1-11-5-2-3-7-13(11)15-18-14(16(19)20-15)9-12-6-4-8-17-10-12/h2-10H,1H3/b14-9+. The van der Waals surface area contributed by atoms with E-state index in [1.54, 1.807) is 24.5 Å². The summed E-state index contributed by atoms with van der Waals surface area (Å²) in [6, 6.07) is 11.3. The third-order valence-corrected chi connectivity index (χ3v) is 2.98. The second-order valence-corrected chi connectivity index (χ2v) is 4.44. The van der Waals surface area contributed by atoms with Gasteiger partial charge in [0.2, 0.25) is 5.90 Å². The van der Waals surface area contributed by atoms with Gasteiger partial charge in [0, 0.05) is 18.0 Å². The van der Waals surface area contributed by atoms with Gasteiger partial charge in [-0.15, -0.1) is 0 Å². The van der Waals surface area contributed by atoms with Gasteiger partial charge in [-0.3, -0.25) is 4.98 Å². The minimum atomic E-state index is -0.438. The number of esters is 1. The maximum absolute atomic E-state index is 11.8. The Balaban J connectivity index is 1.98. The number of aliphatic imine (C=N–C) groups is 1. The van der Waals surface area contributed by atoms with Gasteiger partial charge < -0.3 is 4.74 Å². The number of hydrogen-bond donors (Lipinski definition) is 0. The summed E-state index contributed by atoms with van der Waals surface area (Å²) in [5, 5.41) is 0. The molecule has 20 heavy (non-hydrogen) atoms. The van der Waals surface area contributed by atoms with Crippen LogP contribution in [0.15, 0.2) is 59.5 Å². The molecule has 1 aliphatic heterocycles. The molecule has 1 aliphatic rings. The molecular weight excluding hydrogens is 252 g/mol. The van der Waals surface area contributed by atoms with Crippen LogP contribution < -0.4 is 0 Å². The maximum atomic E-state index is 11.8. The fourth-order valence-electron chi connectivity index (χ4n) is 1.96. The topological polar surface area (TPSA) is 51.5 Å². The van der Waals surface area contributed by atoms with Crippen LogP contribution in [0.2, 0.25) is 0 Å². The molecule has 0 atom stereocenters. The number of aromatic nitrogens is 1. The summed E-state index contributed by atoms with van der Waals surface area (Å²) in [7, 11) is 0. The zero-order valence-corrected chi connectivity index (χ0v) is 10.9. The van der Waals surface area contributed by atoms with Crippen molar-refractivity contribution < 1.29 is 9.53 Å². The van der Waals surface area contributed by atoms with Gasteiger partial charge in [0.15, 0.2) is 5.70 Å². The van der Waals surface area contributed by atoms with E-state index in [0.717, 1.165) is 16.7 Å². The van der Waals surface area contributed by atoms with Gasteiger partial charge in [0.05, 0.1) is 0 Å². The number of ether oxygens (including phenoxy) is 1. The van der Waals surface area contributed by atoms with E-state index in [2.05, 4.69) is 9.98 Å². The summed E-state index contributed by atoms with van der Waals surface area (Å²) in [5.74, 6) is -0.0876. The van der Waals surface area contributed by atoms with Crippen molar-refractivity contribution in [1.29, 1.82) is 0 Å². The monoisotopic (exact) mass is 264 g/mol. The van der Waals surface area contributed by atoms with Gasteiger partial charge in [-0.05, 0) is 36.3 Å². The Labute approximate surface area is 116 Å². The van der Waals surface area contributed by atoms with Crippen molar-refractivity contribution in [3.05, 3.63) is 71.2 Å². The molecule has 0 radical (unpaired) electrons. The average Bonchev–Trinajstić information content (AvgIpc) is 2.81. The first-order chi connectivity index (χ1) is 9.74. The lowest BCUT2D eigenvalue weighted by Crippen LogP contribution is -2.06. The van der Waals surface area contributed by atoms with E-state index in [0.29, 0.717) is 5.90 Å². The molecule has 0 aliphatic carbocycles. The normalized spacial score (nSPS) is 16.1. The van der Waals surface area contributed by atoms with Crippen LogP contribution in [0.5, 0.6) is 0 Å². The second-order valence-electron chi connectivity index (χ2n) is 4.44. The molecule has 3 rings (SSSR count). The van der Waals surface area contributed by atoms with E-state index in [-0.39, 0.29) is 5.70 Å². The highest BCUT2D eigenvalue weighted by Gasteiger charge is 2.24. The van der Waals surface area contributed by atoms with E-state index in [4.69, 9.17) is 4.74 Å². The molecule has 1 aromatic carbocycles. The molecule has 98 valence electrons. The predicted molar refractivity (Wildman–Crippen MR) is 76.0 cm³/mol. The van der Waals surface area contributed by atoms with Crippen molar-refractivity contribution in [2.75, 3.05) is 0 Å². The highest BCUT2D eigenvalue weighted by atomic mass is 16.6. The Morgan fingerprint density at radius 2 is 2.00 bits per heavy atom. The number of cyclic esters (lactones) is 1. The van der Waals surface area contributed by atoms with E-state index in [9.17, 15) is 4.79 Å². The molecule has 2 aromatic rings. The molecule has 0 spiro atoms. The Morgan fingerprint density at radius 3 is 2.75 bits per heavy atom. The van der Waals surface area contributed by atoms with Crippen LogP contribution in [0.25, 0.3) is 6.08 Å². The molecule has 0 saturated carbocycles. The molecule has 4 nitrogen and oxygen atoms in total. The Bertz CT molecular complexity index is 718. The number of rotatable bonds is 2. The third-order valence-electron chi connectivity index (χ3n) is 2.98. The summed E-state index contributed by atoms with van der Waals surface area (Å²) in [5.41, 5.74) is 2.95. The van der Waals surface area contributed by atoms with Gasteiger partial charge in [-0.25, -0.2) is 9.79 Å². The van der Waals surface area contributed by atoms with Crippen LogP contribution in [0.3, 0.4) is 0 Å². The van der Waals surface area contributed by atoms with Gasteiger partial charge in [0.25, 0.3) is 0 Å². The van der Waals surface area contributed by atoms with Gasteiger partial charge in [0.1, 0.15) is 0 Å². The summed E-state index contributed by atoms with van der Waals surface area (Å²) in [4.78, 5) is 20.1. The first-order valence-electron chi connectivity index (χ1n) is 6.22. The molecule has 2 heterocycles. The zero-order valence-electron chi connectivity index (χ0n) is 10.9. The molecule has 0 amide bonds. The van der Waals surface area contributed by atoms with Crippen molar-refractivity contribution in [3.63, 3.8) is 0 Å². The molecular formula is C16H12N2O2. The summed E-state index contributed by atoms with van der Waals surface area (Å²) < 4.78 is 5.24. The number of carbonyl (C=O) groups is 1. The average molecular weight is 264 g/mol. The predicted octanol–water partition coefficient (Wildman–Crippen LogP) is 2.73. The summed E-state index contributed by atoms with van der Waals surface area (Å²) in [6.45, 7) is 1.95. The summed E-state index contributed by atoms with van der Waals surface area (Å²) in [6.07, 6.45) is 5.01. The highest BCUT2D eigenvalue weighted by molar-refractivity contribution is 6.13. The molecule has 4 heteroatoms. The highest BCUT2D eigenvalue weighted by Crippen LogP contribution is 2.20. The number of pyridine rings is 1. The molecule has 0 saturated heterocycles. The van der Waals surface area contributed by atoms with Crippen molar-refractivity contribution >= 4 is 17.9 Å². The van der Waals surface area contributed by atoms with E-state index < -0.39 is 5.97 Å². The minimum Gasteiger partial charge on any atom is -0.402 e. The molecule has 0 N–H and O–H groups in total. The van der Waals surface area contributed by atoms with E-state index in [1.807, 2.05) is 37.3 Å². The first kappa shape index (κ1) is 12.3. The maximum Gasteiger partial charge on any atom is 0.363 e. The first-order valence-corrected chi connectivity index (χ1v) is 6.22. The van der Waals surface area contributed by atoms with Crippen LogP contribution in [0.4, 0.5) is 0 Å². The fourth-order valence-corrected chi connectivity index (χ4v) is 1.96. The van der Waals surface area contributed by atoms with Gasteiger partial charge in [-0.2, -0.15) is 0 Å². The van der Waals surface area contributed by atoms with E-state index >= 15 is 0 Å². The third kappa shape index (κ3) is 2.36. The lowest BCUT2D eigenvalue weighted by molar-refractivity contribution is -0.129. The Hall–Kier alpha value is -2.75. The number of benzene rings is 1. The van der Waals surface area contributed by atoms with Gasteiger partial charge >= 0.3 is 5.97 Å². The molecule has 1 aromatic heterocycles. The molecule has 0 unspecified atom stereocenters. The quantitative estimate of drug-likeness (QED) is 0.619. The Kier molecular flexibility index (Phi) is 3.13. The number of aryl methyl sites for hydroxylation is 1. The minimum absolute atomic E-state index is 0.288. The van der Waals surface area contributed by atoms with Crippen molar-refractivity contribution in [3.8, 4) is 0 Å². The lowest BCUT2D eigenvalue weighted by atomic mass is 10.1. The van der Waals surface area contributed by atoms with Crippen LogP contribution in [-0.2, 0) is 9.53 Å². The summed E-state index contributed by atoms with van der Waals surface area (Å²) >= 11 is 0. The van der Waals surface area contributed by atoms with Crippen molar-refractivity contribution in [2.45, 2.75) is 6.92 Å². The Morgan fingerprint density at radius 1 is 1.15 bits per heavy atom. The SMILES string of the molecule is Cc1ccccc1C1=N/C(=C/c2cccnc2)C(=O)O1. The number of carbonyl (C=O) groups excluding carboxylic acids is 1. The second kappa shape index (κ2) is 5.09. The largest absolute Gasteiger partial charge is 0.402 e. The zero-order chi connectivity index (χ0) is 13.9. The van der Waals surface area contributed by atoms with Crippen molar-refractivity contribution in [2.24, 2.45) is 4.99 Å². The smallest absolute Gasteiger partial charge is 0.363 e. The van der Waals surface area contributed by atoms with Crippen LogP contribution >= 0.6 is 0 Å². The molecule has 0 fully saturated rings. The fraction of sp³-hybridized carbons (Fsp3) is 0.0625. The molecule has 0 bridgehead atoms. The van der Waals surface area contributed by atoms with Crippen LogP contribution in [-0.4, -0.2) is 16.9 Å². The lowest BCUT2D eigenvalue weighted by Gasteiger charge is -2.02. The van der Waals surface area contributed by atoms with Crippen molar-refractivity contribution in [1.82, 2.24) is 4.98 Å². The van der Waals surface area contributed by atoms with E-state index in [1.165, 1.54) is 0 Å². The number of hydrogen-bond acceptors (Lipinski definition) is 4. The van der Waals surface area contributed by atoms with Gasteiger partial charge in [-0.1, -0.05) is 24.3 Å².